The lowest BCUT2D eigenvalue weighted by Crippen LogP contribution is -2.40. The maximum Gasteiger partial charge on any atom is 0.332 e. The summed E-state index contributed by atoms with van der Waals surface area (Å²) in [4.78, 5) is 32.7. The second-order valence-electron chi connectivity index (χ2n) is 5.92. The van der Waals surface area contributed by atoms with Gasteiger partial charge in [-0.1, -0.05) is 19.8 Å². The Balaban J connectivity index is 2.23. The second-order valence-corrected chi connectivity index (χ2v) is 5.92. The zero-order valence-electron chi connectivity index (χ0n) is 12.8. The first-order valence-electron chi connectivity index (χ1n) is 8.01. The summed E-state index contributed by atoms with van der Waals surface area (Å²) in [6, 6.07) is 0. The molecule has 0 bridgehead atoms. The minimum Gasteiger partial charge on any atom is -0.395 e. The molecule has 22 heavy (non-hydrogen) atoms. The molecule has 1 saturated carbocycles. The summed E-state index contributed by atoms with van der Waals surface area (Å²) in [6.45, 7) is 2.26. The molecule has 0 saturated heterocycles. The van der Waals surface area contributed by atoms with Crippen LogP contribution in [0.3, 0.4) is 0 Å². The Morgan fingerprint density at radius 2 is 1.95 bits per heavy atom. The summed E-state index contributed by atoms with van der Waals surface area (Å²) in [5, 5.41) is 9.11. The lowest BCUT2D eigenvalue weighted by atomic mass is 10.1. The first kappa shape index (κ1) is 15.0. The second kappa shape index (κ2) is 6.08. The Morgan fingerprint density at radius 3 is 2.59 bits per heavy atom. The number of hydrogen-bond acceptors (Lipinski definition) is 4. The number of rotatable bonds is 5. The minimum absolute atomic E-state index is 0.00903. The molecule has 0 aliphatic heterocycles. The van der Waals surface area contributed by atoms with Crippen LogP contribution in [0.4, 0.5) is 0 Å². The lowest BCUT2D eigenvalue weighted by molar-refractivity contribution is 0.270. The highest BCUT2D eigenvalue weighted by molar-refractivity contribution is 5.70. The monoisotopic (exact) mass is 306 g/mol. The average molecular weight is 306 g/mol. The minimum atomic E-state index is -0.391. The smallest absolute Gasteiger partial charge is 0.332 e. The normalized spacial score (nSPS) is 15.9. The van der Waals surface area contributed by atoms with Crippen molar-refractivity contribution in [3.05, 3.63) is 26.7 Å². The summed E-state index contributed by atoms with van der Waals surface area (Å²) >= 11 is 0. The van der Waals surface area contributed by atoms with Crippen molar-refractivity contribution in [3.63, 3.8) is 0 Å². The molecule has 1 aliphatic carbocycles. The van der Waals surface area contributed by atoms with Gasteiger partial charge in [0, 0.05) is 12.5 Å². The summed E-state index contributed by atoms with van der Waals surface area (Å²) in [5.74, 6) is 1.17. The fourth-order valence-corrected chi connectivity index (χ4v) is 3.30. The Hall–Kier alpha value is -1.89. The lowest BCUT2D eigenvalue weighted by Gasteiger charge is -2.09. The topological polar surface area (TPSA) is 92.9 Å². The predicted molar refractivity (Wildman–Crippen MR) is 83.2 cm³/mol. The fourth-order valence-electron chi connectivity index (χ4n) is 3.30. The molecule has 7 heteroatoms. The molecule has 0 unspecified atom stereocenters. The van der Waals surface area contributed by atoms with Gasteiger partial charge in [0.15, 0.2) is 5.65 Å². The van der Waals surface area contributed by atoms with Gasteiger partial charge in [-0.05, 0) is 19.3 Å². The molecule has 7 nitrogen and oxygen atoms in total. The summed E-state index contributed by atoms with van der Waals surface area (Å²) < 4.78 is 2.63. The Morgan fingerprint density at radius 1 is 1.23 bits per heavy atom. The van der Waals surface area contributed by atoms with Gasteiger partial charge in [-0.2, -0.15) is 0 Å². The third-order valence-electron chi connectivity index (χ3n) is 4.39. The number of aliphatic hydroxyl groups excluding tert-OH is 1. The van der Waals surface area contributed by atoms with Gasteiger partial charge in [-0.3, -0.25) is 13.9 Å². The molecule has 0 radical (unpaired) electrons. The van der Waals surface area contributed by atoms with Crippen molar-refractivity contribution in [2.45, 2.75) is 58.0 Å². The Kier molecular flexibility index (Phi) is 4.15. The van der Waals surface area contributed by atoms with E-state index in [1.807, 2.05) is 6.92 Å². The molecule has 2 heterocycles. The molecule has 3 rings (SSSR count). The van der Waals surface area contributed by atoms with Crippen LogP contribution < -0.4 is 11.2 Å². The Bertz CT molecular complexity index is 780. The van der Waals surface area contributed by atoms with E-state index in [4.69, 9.17) is 5.11 Å². The number of fused-ring (bicyclic) bond motifs is 1. The molecule has 1 fully saturated rings. The van der Waals surface area contributed by atoms with E-state index in [0.717, 1.165) is 29.7 Å². The van der Waals surface area contributed by atoms with Crippen LogP contribution in [0, 0.1) is 0 Å². The zero-order valence-corrected chi connectivity index (χ0v) is 12.8. The number of hydrogen-bond donors (Lipinski definition) is 2. The fraction of sp³-hybridized carbons (Fsp3) is 0.667. The van der Waals surface area contributed by atoms with Gasteiger partial charge in [0.05, 0.1) is 13.2 Å². The van der Waals surface area contributed by atoms with Crippen LogP contribution in [0.1, 0.15) is 50.8 Å². The van der Waals surface area contributed by atoms with Crippen LogP contribution in [0.15, 0.2) is 9.59 Å². The molecule has 2 aromatic rings. The van der Waals surface area contributed by atoms with Crippen molar-refractivity contribution >= 4 is 11.2 Å². The van der Waals surface area contributed by atoms with Gasteiger partial charge in [-0.15, -0.1) is 0 Å². The summed E-state index contributed by atoms with van der Waals surface area (Å²) in [7, 11) is 0. The van der Waals surface area contributed by atoms with Crippen molar-refractivity contribution in [3.8, 4) is 0 Å². The van der Waals surface area contributed by atoms with Crippen molar-refractivity contribution in [2.24, 2.45) is 0 Å². The highest BCUT2D eigenvalue weighted by atomic mass is 16.3. The number of imidazole rings is 1. The largest absolute Gasteiger partial charge is 0.395 e. The van der Waals surface area contributed by atoms with Crippen molar-refractivity contribution < 1.29 is 5.11 Å². The molecular formula is C15H22N4O3. The number of aliphatic hydroxyl groups is 1. The molecule has 2 aromatic heterocycles. The molecule has 2 N–H and O–H groups in total. The first-order chi connectivity index (χ1) is 10.7. The highest BCUT2D eigenvalue weighted by Gasteiger charge is 2.23. The number of aromatic amines is 1. The maximum atomic E-state index is 12.5. The maximum absolute atomic E-state index is 12.5. The third-order valence-corrected chi connectivity index (χ3v) is 4.39. The number of aromatic nitrogens is 4. The third kappa shape index (κ3) is 2.39. The SMILES string of the molecule is CCCn1c(=O)n(CCO)c(=O)c2[nH]c(C3CCCC3)nc21. The van der Waals surface area contributed by atoms with Crippen LogP contribution in [0.5, 0.6) is 0 Å². The molecule has 120 valence electrons. The molecule has 0 spiro atoms. The van der Waals surface area contributed by atoms with Gasteiger partial charge < -0.3 is 10.1 Å². The number of nitrogens with one attached hydrogen (secondary N) is 1. The van der Waals surface area contributed by atoms with Gasteiger partial charge in [0.25, 0.3) is 5.56 Å². The molecule has 0 aromatic carbocycles. The van der Waals surface area contributed by atoms with Crippen LogP contribution in [0.2, 0.25) is 0 Å². The average Bonchev–Trinajstić information content (AvgIpc) is 3.16. The van der Waals surface area contributed by atoms with E-state index in [0.29, 0.717) is 23.6 Å². The number of H-pyrrole nitrogens is 1. The van der Waals surface area contributed by atoms with Crippen LogP contribution in [0.25, 0.3) is 11.2 Å². The van der Waals surface area contributed by atoms with Crippen LogP contribution in [-0.4, -0.2) is 30.8 Å². The van der Waals surface area contributed by atoms with E-state index in [1.165, 1.54) is 12.8 Å². The zero-order chi connectivity index (χ0) is 15.7. The van der Waals surface area contributed by atoms with E-state index in [2.05, 4.69) is 9.97 Å². The van der Waals surface area contributed by atoms with Crippen molar-refractivity contribution in [1.29, 1.82) is 0 Å². The van der Waals surface area contributed by atoms with Gasteiger partial charge in [0.1, 0.15) is 11.3 Å². The van der Waals surface area contributed by atoms with Crippen LogP contribution in [-0.2, 0) is 13.1 Å². The van der Waals surface area contributed by atoms with Gasteiger partial charge in [-0.25, -0.2) is 9.78 Å². The van der Waals surface area contributed by atoms with Gasteiger partial charge in [0.2, 0.25) is 0 Å². The van der Waals surface area contributed by atoms with Crippen LogP contribution >= 0.6 is 0 Å². The van der Waals surface area contributed by atoms with E-state index in [-0.39, 0.29) is 13.2 Å². The number of nitrogens with zero attached hydrogens (tertiary/aromatic N) is 3. The molecular weight excluding hydrogens is 284 g/mol. The van der Waals surface area contributed by atoms with Gasteiger partial charge >= 0.3 is 5.69 Å². The summed E-state index contributed by atoms with van der Waals surface area (Å²) in [6.07, 6.45) is 5.28. The first-order valence-corrected chi connectivity index (χ1v) is 8.01. The quantitative estimate of drug-likeness (QED) is 0.860. The Labute approximate surface area is 127 Å². The molecule has 0 atom stereocenters. The van der Waals surface area contributed by atoms with E-state index in [9.17, 15) is 9.59 Å². The number of aryl methyl sites for hydroxylation is 1. The van der Waals surface area contributed by atoms with Crippen molar-refractivity contribution in [1.82, 2.24) is 19.1 Å². The summed E-state index contributed by atoms with van der Waals surface area (Å²) in [5.41, 5.74) is 0.0485. The standard InChI is InChI=1S/C15H22N4O3/c1-2-7-18-13-11(14(21)19(8-9-20)15(18)22)16-12(17-13)10-5-3-4-6-10/h10,20H,2-9H2,1H3,(H,16,17). The predicted octanol–water partition coefficient (Wildman–Crippen LogP) is 0.946. The molecule has 1 aliphatic rings. The highest BCUT2D eigenvalue weighted by Crippen LogP contribution is 2.32. The molecule has 0 amide bonds. The van der Waals surface area contributed by atoms with E-state index in [1.54, 1.807) is 4.57 Å². The van der Waals surface area contributed by atoms with E-state index >= 15 is 0 Å². The van der Waals surface area contributed by atoms with E-state index < -0.39 is 11.2 Å². The van der Waals surface area contributed by atoms with Crippen molar-refractivity contribution in [2.75, 3.05) is 6.61 Å².